The third kappa shape index (κ3) is 13.5. The molecule has 15 heavy (non-hydrogen) atoms. The molecular weight excluding hydrogens is 180 g/mol. The lowest BCUT2D eigenvalue weighted by Crippen LogP contribution is -1.84. The van der Waals surface area contributed by atoms with Crippen molar-refractivity contribution in [3.05, 3.63) is 24.3 Å². The van der Waals surface area contributed by atoms with E-state index in [4.69, 9.17) is 0 Å². The van der Waals surface area contributed by atoms with Gasteiger partial charge < -0.3 is 0 Å². The minimum atomic E-state index is 0.860. The molecular formula is C15H28. The van der Waals surface area contributed by atoms with Crippen molar-refractivity contribution in [3.8, 4) is 0 Å². The summed E-state index contributed by atoms with van der Waals surface area (Å²) in [6, 6.07) is 0. The van der Waals surface area contributed by atoms with Gasteiger partial charge in [0.05, 0.1) is 0 Å². The number of allylic oxidation sites excluding steroid dienone is 4. The zero-order valence-corrected chi connectivity index (χ0v) is 10.8. The van der Waals surface area contributed by atoms with E-state index in [9.17, 15) is 0 Å². The quantitative estimate of drug-likeness (QED) is 0.346. The van der Waals surface area contributed by atoms with Crippen LogP contribution in [0.15, 0.2) is 24.3 Å². The summed E-state index contributed by atoms with van der Waals surface area (Å²) in [5.74, 6) is 0.860. The summed E-state index contributed by atoms with van der Waals surface area (Å²) < 4.78 is 0. The second-order valence-corrected chi connectivity index (χ2v) is 4.65. The summed E-state index contributed by atoms with van der Waals surface area (Å²) in [5.41, 5.74) is 0. The number of unbranched alkanes of at least 4 members (excludes halogenated alkanes) is 4. The molecule has 0 bridgehead atoms. The van der Waals surface area contributed by atoms with E-state index in [0.29, 0.717) is 0 Å². The lowest BCUT2D eigenvalue weighted by molar-refractivity contribution is 0.559. The predicted molar refractivity (Wildman–Crippen MR) is 71.1 cm³/mol. The van der Waals surface area contributed by atoms with Crippen molar-refractivity contribution in [2.75, 3.05) is 0 Å². The van der Waals surface area contributed by atoms with Crippen molar-refractivity contribution in [2.24, 2.45) is 5.92 Å². The average molecular weight is 208 g/mol. The molecule has 88 valence electrons. The van der Waals surface area contributed by atoms with E-state index >= 15 is 0 Å². The first-order valence-corrected chi connectivity index (χ1v) is 6.53. The second-order valence-electron chi connectivity index (χ2n) is 4.65. The van der Waals surface area contributed by atoms with Crippen LogP contribution in [0.4, 0.5) is 0 Å². The monoisotopic (exact) mass is 208 g/mol. The Morgan fingerprint density at radius 3 is 1.87 bits per heavy atom. The highest BCUT2D eigenvalue weighted by atomic mass is 14.0. The number of rotatable bonds is 9. The van der Waals surface area contributed by atoms with E-state index in [1.54, 1.807) is 0 Å². The highest BCUT2D eigenvalue weighted by Gasteiger charge is 1.90. The first kappa shape index (κ1) is 14.5. The van der Waals surface area contributed by atoms with Crippen LogP contribution in [0.5, 0.6) is 0 Å². The Balaban J connectivity index is 3.10. The van der Waals surface area contributed by atoms with Gasteiger partial charge in [-0.3, -0.25) is 0 Å². The average Bonchev–Trinajstić information content (AvgIpc) is 2.20. The molecule has 0 fully saturated rings. The van der Waals surface area contributed by atoms with E-state index < -0.39 is 0 Å². The lowest BCUT2D eigenvalue weighted by atomic mass is 10.1. The smallest absolute Gasteiger partial charge is 0.0351 e. The molecule has 0 atom stereocenters. The molecule has 0 heteroatoms. The highest BCUT2D eigenvalue weighted by molar-refractivity contribution is 4.82. The molecule has 0 aromatic carbocycles. The summed E-state index contributed by atoms with van der Waals surface area (Å²) in [5, 5.41) is 0. The third-order valence-corrected chi connectivity index (χ3v) is 2.55. The van der Waals surface area contributed by atoms with E-state index in [1.807, 2.05) is 0 Å². The van der Waals surface area contributed by atoms with Gasteiger partial charge in [0.1, 0.15) is 0 Å². The minimum absolute atomic E-state index is 0.860. The molecule has 0 aliphatic carbocycles. The van der Waals surface area contributed by atoms with Crippen molar-refractivity contribution in [1.82, 2.24) is 0 Å². The Bertz CT molecular complexity index is 163. The first-order chi connectivity index (χ1) is 7.27. The van der Waals surface area contributed by atoms with Crippen LogP contribution in [-0.2, 0) is 0 Å². The molecule has 0 saturated heterocycles. The second kappa shape index (κ2) is 11.6. The van der Waals surface area contributed by atoms with Crippen LogP contribution in [0, 0.1) is 5.92 Å². The fourth-order valence-corrected chi connectivity index (χ4v) is 1.57. The predicted octanol–water partition coefficient (Wildman–Crippen LogP) is 5.51. The van der Waals surface area contributed by atoms with Gasteiger partial charge in [-0.2, -0.15) is 0 Å². The maximum atomic E-state index is 2.36. The summed E-state index contributed by atoms with van der Waals surface area (Å²) in [6.45, 7) is 6.69. The molecule has 0 amide bonds. The number of hydrogen-bond donors (Lipinski definition) is 0. The minimum Gasteiger partial charge on any atom is -0.0917 e. The van der Waals surface area contributed by atoms with Crippen molar-refractivity contribution >= 4 is 0 Å². The lowest BCUT2D eigenvalue weighted by Gasteiger charge is -2.00. The zero-order chi connectivity index (χ0) is 11.4. The third-order valence-electron chi connectivity index (χ3n) is 2.55. The van der Waals surface area contributed by atoms with Crippen LogP contribution < -0.4 is 0 Å². The fourth-order valence-electron chi connectivity index (χ4n) is 1.57. The van der Waals surface area contributed by atoms with Gasteiger partial charge in [-0.15, -0.1) is 0 Å². The van der Waals surface area contributed by atoms with Crippen molar-refractivity contribution in [3.63, 3.8) is 0 Å². The number of hydrogen-bond acceptors (Lipinski definition) is 0. The van der Waals surface area contributed by atoms with Gasteiger partial charge in [-0.25, -0.2) is 0 Å². The Hall–Kier alpha value is -0.520. The van der Waals surface area contributed by atoms with E-state index in [2.05, 4.69) is 45.1 Å². The maximum Gasteiger partial charge on any atom is -0.0351 e. The summed E-state index contributed by atoms with van der Waals surface area (Å²) in [6.07, 6.45) is 18.3. The molecule has 0 nitrogen and oxygen atoms in total. The van der Waals surface area contributed by atoms with Gasteiger partial charge in [0.25, 0.3) is 0 Å². The van der Waals surface area contributed by atoms with Crippen LogP contribution in [-0.4, -0.2) is 0 Å². The molecule has 0 spiro atoms. The Morgan fingerprint density at radius 2 is 1.33 bits per heavy atom. The van der Waals surface area contributed by atoms with Crippen LogP contribution >= 0.6 is 0 Å². The van der Waals surface area contributed by atoms with E-state index in [1.165, 1.54) is 44.9 Å². The standard InChI is InChI=1S/C15H28/c1-4-5-6-7-8-9-10-11-12-13-14-15(2)3/h4-5,10-11,15H,6-9,12-14H2,1-3H3/b5-4+,11-10+. The maximum absolute atomic E-state index is 2.36. The molecule has 0 rings (SSSR count). The first-order valence-electron chi connectivity index (χ1n) is 6.53. The Kier molecular flexibility index (Phi) is 11.2. The van der Waals surface area contributed by atoms with Crippen molar-refractivity contribution in [2.45, 2.75) is 65.7 Å². The molecule has 0 aliphatic rings. The fraction of sp³-hybridized carbons (Fsp3) is 0.733. The Labute approximate surface area is 96.5 Å². The molecule has 0 aliphatic heterocycles. The van der Waals surface area contributed by atoms with Gasteiger partial charge >= 0.3 is 0 Å². The van der Waals surface area contributed by atoms with Crippen LogP contribution in [0.25, 0.3) is 0 Å². The highest BCUT2D eigenvalue weighted by Crippen LogP contribution is 2.07. The van der Waals surface area contributed by atoms with Gasteiger partial charge in [-0.1, -0.05) is 44.6 Å². The van der Waals surface area contributed by atoms with Gasteiger partial charge in [0.2, 0.25) is 0 Å². The molecule has 0 aromatic heterocycles. The van der Waals surface area contributed by atoms with Crippen LogP contribution in [0.3, 0.4) is 0 Å². The van der Waals surface area contributed by atoms with Gasteiger partial charge in [0, 0.05) is 0 Å². The molecule has 0 aromatic rings. The largest absolute Gasteiger partial charge is 0.0917 e. The summed E-state index contributed by atoms with van der Waals surface area (Å²) >= 11 is 0. The van der Waals surface area contributed by atoms with Crippen molar-refractivity contribution in [1.29, 1.82) is 0 Å². The normalized spacial score (nSPS) is 12.3. The van der Waals surface area contributed by atoms with E-state index in [0.717, 1.165) is 5.92 Å². The molecule has 0 N–H and O–H groups in total. The van der Waals surface area contributed by atoms with Crippen LogP contribution in [0.2, 0.25) is 0 Å². The molecule has 0 radical (unpaired) electrons. The van der Waals surface area contributed by atoms with Gasteiger partial charge in [-0.05, 0) is 51.4 Å². The van der Waals surface area contributed by atoms with Crippen molar-refractivity contribution < 1.29 is 0 Å². The Morgan fingerprint density at radius 1 is 0.800 bits per heavy atom. The zero-order valence-electron chi connectivity index (χ0n) is 10.8. The summed E-state index contributed by atoms with van der Waals surface area (Å²) in [4.78, 5) is 0. The van der Waals surface area contributed by atoms with E-state index in [-0.39, 0.29) is 0 Å². The van der Waals surface area contributed by atoms with Crippen LogP contribution in [0.1, 0.15) is 65.7 Å². The SMILES string of the molecule is C/C=C/CCCC/C=C/CCCC(C)C. The topological polar surface area (TPSA) is 0 Å². The molecule has 0 heterocycles. The van der Waals surface area contributed by atoms with Gasteiger partial charge in [0.15, 0.2) is 0 Å². The molecule has 0 saturated carbocycles. The summed E-state index contributed by atoms with van der Waals surface area (Å²) in [7, 11) is 0. The molecule has 0 unspecified atom stereocenters.